The molecule has 1 aromatic heterocycles. The summed E-state index contributed by atoms with van der Waals surface area (Å²) in [6, 6.07) is 7.81. The first kappa shape index (κ1) is 17.9. The van der Waals surface area contributed by atoms with E-state index >= 15 is 0 Å². The van der Waals surface area contributed by atoms with Gasteiger partial charge in [-0.1, -0.05) is 15.9 Å². The van der Waals surface area contributed by atoms with Crippen molar-refractivity contribution < 1.29 is 18.1 Å². The molecule has 3 rings (SSSR count). The standard InChI is InChI=1S/C16H10BrF3N4O2/c17-11-2-4-13-12(6-11)9(7-21-13)8-22-23-14-3-1-10(16(18,19)20)5-15(14)24(25)26/h1-8,21,23H/b22-8-. The van der Waals surface area contributed by atoms with Gasteiger partial charge in [0, 0.05) is 33.2 Å². The van der Waals surface area contributed by atoms with Crippen LogP contribution in [0, 0.1) is 10.1 Å². The summed E-state index contributed by atoms with van der Waals surface area (Å²) < 4.78 is 39.0. The van der Waals surface area contributed by atoms with Crippen LogP contribution in [0.5, 0.6) is 0 Å². The molecule has 134 valence electrons. The topological polar surface area (TPSA) is 83.3 Å². The van der Waals surface area contributed by atoms with E-state index in [1.807, 2.05) is 18.2 Å². The minimum absolute atomic E-state index is 0.139. The zero-order valence-electron chi connectivity index (χ0n) is 12.8. The zero-order valence-corrected chi connectivity index (χ0v) is 14.4. The number of anilines is 1. The number of hydrazone groups is 1. The largest absolute Gasteiger partial charge is 0.416 e. The van der Waals surface area contributed by atoms with E-state index in [1.54, 1.807) is 6.20 Å². The fourth-order valence-electron chi connectivity index (χ4n) is 2.35. The number of hydrogen-bond donors (Lipinski definition) is 2. The number of halogens is 4. The molecular weight excluding hydrogens is 417 g/mol. The van der Waals surface area contributed by atoms with Crippen molar-refractivity contribution in [3.63, 3.8) is 0 Å². The summed E-state index contributed by atoms with van der Waals surface area (Å²) in [7, 11) is 0. The van der Waals surface area contributed by atoms with E-state index in [9.17, 15) is 23.3 Å². The summed E-state index contributed by atoms with van der Waals surface area (Å²) in [4.78, 5) is 13.2. The van der Waals surface area contributed by atoms with E-state index in [0.29, 0.717) is 11.6 Å². The Hall–Kier alpha value is -2.88. The maximum absolute atomic E-state index is 12.7. The monoisotopic (exact) mass is 426 g/mol. The van der Waals surface area contributed by atoms with Crippen molar-refractivity contribution in [3.8, 4) is 0 Å². The Bertz CT molecular complexity index is 1010. The molecule has 0 amide bonds. The van der Waals surface area contributed by atoms with Crippen LogP contribution in [0.2, 0.25) is 0 Å². The first-order chi connectivity index (χ1) is 12.3. The van der Waals surface area contributed by atoms with Crippen LogP contribution in [-0.4, -0.2) is 16.1 Å². The number of fused-ring (bicyclic) bond motifs is 1. The number of H-pyrrole nitrogens is 1. The molecule has 6 nitrogen and oxygen atoms in total. The molecule has 0 bridgehead atoms. The van der Waals surface area contributed by atoms with E-state index < -0.39 is 22.4 Å². The summed E-state index contributed by atoms with van der Waals surface area (Å²) in [5.41, 5.74) is 2.06. The molecule has 2 aromatic carbocycles. The predicted octanol–water partition coefficient (Wildman–Crippen LogP) is 5.30. The predicted molar refractivity (Wildman–Crippen MR) is 95.3 cm³/mol. The number of hydrogen-bond acceptors (Lipinski definition) is 4. The maximum atomic E-state index is 12.7. The molecule has 0 aliphatic carbocycles. The van der Waals surface area contributed by atoms with Crippen molar-refractivity contribution in [3.05, 3.63) is 68.3 Å². The molecule has 10 heteroatoms. The van der Waals surface area contributed by atoms with Crippen molar-refractivity contribution >= 4 is 44.4 Å². The van der Waals surface area contributed by atoms with E-state index in [-0.39, 0.29) is 5.69 Å². The summed E-state index contributed by atoms with van der Waals surface area (Å²) in [5.74, 6) is 0. The number of alkyl halides is 3. The first-order valence-corrected chi connectivity index (χ1v) is 7.96. The van der Waals surface area contributed by atoms with Gasteiger partial charge >= 0.3 is 6.18 Å². The molecule has 0 spiro atoms. The van der Waals surface area contributed by atoms with Gasteiger partial charge in [-0.05, 0) is 30.3 Å². The Morgan fingerprint density at radius 2 is 2.00 bits per heavy atom. The van der Waals surface area contributed by atoms with E-state index in [0.717, 1.165) is 27.5 Å². The Balaban J connectivity index is 1.87. The number of nitrogens with zero attached hydrogens (tertiary/aromatic N) is 2. The zero-order chi connectivity index (χ0) is 18.9. The smallest absolute Gasteiger partial charge is 0.361 e. The second-order valence-electron chi connectivity index (χ2n) is 5.29. The highest BCUT2D eigenvalue weighted by atomic mass is 79.9. The van der Waals surface area contributed by atoms with Gasteiger partial charge in [-0.15, -0.1) is 0 Å². The quantitative estimate of drug-likeness (QED) is 0.337. The number of benzene rings is 2. The lowest BCUT2D eigenvalue weighted by atomic mass is 10.1. The molecule has 2 N–H and O–H groups in total. The minimum atomic E-state index is -4.66. The number of rotatable bonds is 4. The molecule has 0 saturated heterocycles. The maximum Gasteiger partial charge on any atom is 0.416 e. The summed E-state index contributed by atoms with van der Waals surface area (Å²) >= 11 is 3.36. The van der Waals surface area contributed by atoms with Crippen LogP contribution < -0.4 is 5.43 Å². The third-order valence-corrected chi connectivity index (χ3v) is 4.08. The van der Waals surface area contributed by atoms with E-state index in [2.05, 4.69) is 31.4 Å². The van der Waals surface area contributed by atoms with E-state index in [4.69, 9.17) is 0 Å². The summed E-state index contributed by atoms with van der Waals surface area (Å²) in [6.07, 6.45) is -1.54. The molecule has 0 saturated carbocycles. The number of aromatic nitrogens is 1. The number of nitro groups is 1. The van der Waals surface area contributed by atoms with Gasteiger partial charge < -0.3 is 4.98 Å². The van der Waals surface area contributed by atoms with Gasteiger partial charge in [0.05, 0.1) is 16.7 Å². The average Bonchev–Trinajstić information content (AvgIpc) is 2.96. The lowest BCUT2D eigenvalue weighted by Gasteiger charge is -2.08. The molecular formula is C16H10BrF3N4O2. The third-order valence-electron chi connectivity index (χ3n) is 3.59. The Kier molecular flexibility index (Phi) is 4.68. The Labute approximate surface area is 153 Å². The third kappa shape index (κ3) is 3.69. The van der Waals surface area contributed by atoms with Crippen LogP contribution in [-0.2, 0) is 6.18 Å². The van der Waals surface area contributed by atoms with Crippen LogP contribution >= 0.6 is 15.9 Å². The van der Waals surface area contributed by atoms with Crippen LogP contribution in [0.15, 0.2) is 52.2 Å². The highest BCUT2D eigenvalue weighted by molar-refractivity contribution is 9.10. The molecule has 0 atom stereocenters. The van der Waals surface area contributed by atoms with Crippen LogP contribution in [0.3, 0.4) is 0 Å². The van der Waals surface area contributed by atoms with Crippen molar-refractivity contribution in [1.82, 2.24) is 4.98 Å². The highest BCUT2D eigenvalue weighted by Crippen LogP contribution is 2.35. The minimum Gasteiger partial charge on any atom is -0.361 e. The SMILES string of the molecule is O=[N+]([O-])c1cc(C(F)(F)F)ccc1N/N=C\c1c[nH]c2ccc(Br)cc12. The van der Waals surface area contributed by atoms with Crippen molar-refractivity contribution in [2.75, 3.05) is 5.43 Å². The van der Waals surface area contributed by atoms with Gasteiger partial charge in [-0.2, -0.15) is 18.3 Å². The first-order valence-electron chi connectivity index (χ1n) is 7.17. The molecule has 0 aliphatic heterocycles. The number of nitrogens with one attached hydrogen (secondary N) is 2. The molecule has 0 radical (unpaired) electrons. The Morgan fingerprint density at radius 3 is 2.69 bits per heavy atom. The number of aromatic amines is 1. The van der Waals surface area contributed by atoms with Crippen LogP contribution in [0.4, 0.5) is 24.5 Å². The summed E-state index contributed by atoms with van der Waals surface area (Å²) in [6.45, 7) is 0. The second kappa shape index (κ2) is 6.79. The molecule has 0 fully saturated rings. The lowest BCUT2D eigenvalue weighted by Crippen LogP contribution is -2.06. The van der Waals surface area contributed by atoms with Gasteiger partial charge in [0.15, 0.2) is 0 Å². The van der Waals surface area contributed by atoms with Gasteiger partial charge in [0.2, 0.25) is 0 Å². The number of nitro benzene ring substituents is 1. The van der Waals surface area contributed by atoms with Crippen LogP contribution in [0.25, 0.3) is 10.9 Å². The van der Waals surface area contributed by atoms with Gasteiger partial charge in [0.25, 0.3) is 5.69 Å². The lowest BCUT2D eigenvalue weighted by molar-refractivity contribution is -0.384. The fourth-order valence-corrected chi connectivity index (χ4v) is 2.71. The molecule has 0 aliphatic rings. The molecule has 1 heterocycles. The fraction of sp³-hybridized carbons (Fsp3) is 0.0625. The van der Waals surface area contributed by atoms with Gasteiger partial charge in [0.1, 0.15) is 5.69 Å². The molecule has 0 unspecified atom stereocenters. The van der Waals surface area contributed by atoms with Crippen molar-refractivity contribution in [2.45, 2.75) is 6.18 Å². The normalized spacial score (nSPS) is 12.0. The van der Waals surface area contributed by atoms with Crippen molar-refractivity contribution in [2.24, 2.45) is 5.10 Å². The second-order valence-corrected chi connectivity index (χ2v) is 6.21. The molecule has 3 aromatic rings. The Morgan fingerprint density at radius 1 is 1.23 bits per heavy atom. The van der Waals surface area contributed by atoms with E-state index in [1.165, 1.54) is 6.21 Å². The van der Waals surface area contributed by atoms with Crippen LogP contribution in [0.1, 0.15) is 11.1 Å². The van der Waals surface area contributed by atoms with Gasteiger partial charge in [-0.3, -0.25) is 15.5 Å². The highest BCUT2D eigenvalue weighted by Gasteiger charge is 2.33. The molecule has 26 heavy (non-hydrogen) atoms. The summed E-state index contributed by atoms with van der Waals surface area (Å²) in [5, 5.41) is 15.8. The van der Waals surface area contributed by atoms with Gasteiger partial charge in [-0.25, -0.2) is 0 Å². The van der Waals surface area contributed by atoms with Crippen molar-refractivity contribution in [1.29, 1.82) is 0 Å². The average molecular weight is 427 g/mol.